The molecule has 9 heteroatoms. The van der Waals surface area contributed by atoms with Gasteiger partial charge in [-0.3, -0.25) is 0 Å². The van der Waals surface area contributed by atoms with E-state index in [1.165, 1.54) is 10.4 Å². The number of hydrogen-bond donors (Lipinski definition) is 0. The maximum absolute atomic E-state index is 13.7. The molecule has 1 spiro atoms. The van der Waals surface area contributed by atoms with E-state index in [-0.39, 0.29) is 24.6 Å². The second-order valence-corrected chi connectivity index (χ2v) is 16.7. The summed E-state index contributed by atoms with van der Waals surface area (Å²) in [7, 11) is -0.0770. The van der Waals surface area contributed by atoms with Gasteiger partial charge in [-0.15, -0.1) is 0 Å². The zero-order chi connectivity index (χ0) is 37.0. The van der Waals surface area contributed by atoms with Crippen LogP contribution in [0, 0.1) is 13.8 Å². The van der Waals surface area contributed by atoms with E-state index in [0.29, 0.717) is 22.9 Å². The molecule has 0 saturated heterocycles. The predicted molar refractivity (Wildman–Crippen MR) is 209 cm³/mol. The highest BCUT2D eigenvalue weighted by atomic mass is 28.3. The maximum atomic E-state index is 13.7. The number of pyridine rings is 2. The van der Waals surface area contributed by atoms with Crippen molar-refractivity contribution in [2.75, 3.05) is 27.4 Å². The Labute approximate surface area is 309 Å². The molecule has 0 amide bonds. The average Bonchev–Trinajstić information content (AvgIpc) is 3.67. The molecule has 6 aromatic rings. The first-order valence-corrected chi connectivity index (χ1v) is 19.7. The number of rotatable bonds is 8. The largest absolute Gasteiger partial charge is 0.497 e. The number of benzene rings is 4. The lowest BCUT2D eigenvalue weighted by Gasteiger charge is -2.31. The fourth-order valence-corrected chi connectivity index (χ4v) is 14.4. The summed E-state index contributed by atoms with van der Waals surface area (Å²) in [6.45, 7) is 8.00. The van der Waals surface area contributed by atoms with Crippen LogP contribution in [-0.2, 0) is 9.47 Å². The Bertz CT molecular complexity index is 2290. The third kappa shape index (κ3) is 4.94. The van der Waals surface area contributed by atoms with Crippen LogP contribution in [0.3, 0.4) is 0 Å². The van der Waals surface area contributed by atoms with E-state index >= 15 is 0 Å². The van der Waals surface area contributed by atoms with Crippen molar-refractivity contribution in [3.63, 3.8) is 0 Å². The highest BCUT2D eigenvalue weighted by Gasteiger charge is 2.58. The second-order valence-electron chi connectivity index (χ2n) is 13.1. The second kappa shape index (κ2) is 13.2. The molecule has 53 heavy (non-hydrogen) atoms. The predicted octanol–water partition coefficient (Wildman–Crippen LogP) is 6.14. The summed E-state index contributed by atoms with van der Waals surface area (Å²) in [6, 6.07) is 32.7. The van der Waals surface area contributed by atoms with Gasteiger partial charge in [0.15, 0.2) is 19.5 Å². The van der Waals surface area contributed by atoms with Crippen molar-refractivity contribution in [1.29, 1.82) is 0 Å². The molecule has 0 unspecified atom stereocenters. The van der Waals surface area contributed by atoms with Gasteiger partial charge in [-0.2, -0.15) is 0 Å². The van der Waals surface area contributed by atoms with Gasteiger partial charge in [0.1, 0.15) is 11.5 Å². The summed E-state index contributed by atoms with van der Waals surface area (Å²) < 4.78 is 22.3. The first kappa shape index (κ1) is 34.0. The Balaban J connectivity index is 1.60. The zero-order valence-electron chi connectivity index (χ0n) is 30.5. The fourth-order valence-electron chi connectivity index (χ4n) is 8.33. The minimum Gasteiger partial charge on any atom is -0.497 e. The molecule has 0 saturated carbocycles. The normalized spacial score (nSPS) is 12.8. The van der Waals surface area contributed by atoms with E-state index in [2.05, 4.69) is 36.4 Å². The highest BCUT2D eigenvalue weighted by molar-refractivity contribution is 7.25. The minimum atomic E-state index is -3.36. The topological polar surface area (TPSA) is 96.8 Å². The van der Waals surface area contributed by atoms with E-state index in [0.717, 1.165) is 54.9 Å². The lowest BCUT2D eigenvalue weighted by atomic mass is 9.97. The number of nitrogens with zero attached hydrogens (tertiary/aromatic N) is 2. The summed E-state index contributed by atoms with van der Waals surface area (Å²) in [6.07, 6.45) is 0. The van der Waals surface area contributed by atoms with Gasteiger partial charge >= 0.3 is 11.9 Å². The van der Waals surface area contributed by atoms with Gasteiger partial charge in [-0.1, -0.05) is 48.5 Å². The van der Waals surface area contributed by atoms with E-state index in [4.69, 9.17) is 28.9 Å². The number of carbonyl (C=O) groups is 2. The van der Waals surface area contributed by atoms with Crippen LogP contribution in [-0.4, -0.2) is 57.4 Å². The third-order valence-corrected chi connectivity index (χ3v) is 15.5. The van der Waals surface area contributed by atoms with Crippen LogP contribution >= 0.6 is 0 Å². The molecule has 264 valence electrons. The van der Waals surface area contributed by atoms with Gasteiger partial charge < -0.3 is 18.9 Å². The van der Waals surface area contributed by atoms with Crippen LogP contribution < -0.4 is 30.2 Å². The Morgan fingerprint density at radius 1 is 0.566 bits per heavy atom. The number of hydrogen-bond acceptors (Lipinski definition) is 8. The van der Waals surface area contributed by atoms with Crippen molar-refractivity contribution < 1.29 is 28.5 Å². The van der Waals surface area contributed by atoms with Crippen LogP contribution in [0.4, 0.5) is 0 Å². The SMILES string of the molecule is CCOC(=O)c1nc(-c2ccc(OC)cc2)c2c(c1C)-c1ccccc1[Si]21c2ccccc2-c2c(C)c(C(=O)OCC)nc(-c3ccc(OC)cc3)c21. The molecule has 0 radical (unpaired) electrons. The molecule has 4 heterocycles. The van der Waals surface area contributed by atoms with Gasteiger partial charge in [0, 0.05) is 11.1 Å². The monoisotopic (exact) mass is 718 g/mol. The summed E-state index contributed by atoms with van der Waals surface area (Å²) in [5.41, 5.74) is 9.23. The van der Waals surface area contributed by atoms with Crippen LogP contribution in [0.1, 0.15) is 46.0 Å². The van der Waals surface area contributed by atoms with Crippen LogP contribution in [0.25, 0.3) is 44.8 Å². The third-order valence-electron chi connectivity index (χ3n) is 10.5. The molecule has 8 nitrogen and oxygen atoms in total. The number of esters is 2. The van der Waals surface area contributed by atoms with E-state index in [9.17, 15) is 9.59 Å². The lowest BCUT2D eigenvalue weighted by Crippen LogP contribution is -2.72. The summed E-state index contributed by atoms with van der Waals surface area (Å²) in [5.74, 6) is 0.488. The molecule has 4 aromatic carbocycles. The van der Waals surface area contributed by atoms with Crippen molar-refractivity contribution in [2.45, 2.75) is 27.7 Å². The van der Waals surface area contributed by atoms with Gasteiger partial charge in [0.2, 0.25) is 0 Å². The molecule has 0 fully saturated rings. The Morgan fingerprint density at radius 3 is 1.30 bits per heavy atom. The number of methoxy groups -OCH3 is 2. The quantitative estimate of drug-likeness (QED) is 0.137. The number of ether oxygens (including phenoxy) is 4. The number of carbonyl (C=O) groups excluding carboxylic acids is 2. The maximum Gasteiger partial charge on any atom is 0.357 e. The molecular weight excluding hydrogens is 681 g/mol. The van der Waals surface area contributed by atoms with E-state index in [1.54, 1.807) is 28.1 Å². The lowest BCUT2D eigenvalue weighted by molar-refractivity contribution is 0.0509. The van der Waals surface area contributed by atoms with Gasteiger partial charge in [0.05, 0.1) is 38.8 Å². The molecule has 0 aliphatic carbocycles. The smallest absolute Gasteiger partial charge is 0.357 e. The first-order valence-electron chi connectivity index (χ1n) is 17.7. The Hall–Kier alpha value is -6.06. The van der Waals surface area contributed by atoms with Crippen molar-refractivity contribution in [3.8, 4) is 56.3 Å². The molecule has 0 atom stereocenters. The zero-order valence-corrected chi connectivity index (χ0v) is 31.5. The van der Waals surface area contributed by atoms with Gasteiger partial charge in [-0.25, -0.2) is 19.6 Å². The van der Waals surface area contributed by atoms with Crippen molar-refractivity contribution in [2.24, 2.45) is 0 Å². The molecule has 2 aliphatic heterocycles. The van der Waals surface area contributed by atoms with Crippen molar-refractivity contribution >= 4 is 40.8 Å². The van der Waals surface area contributed by atoms with E-state index in [1.807, 2.05) is 74.5 Å². The van der Waals surface area contributed by atoms with Crippen LogP contribution in [0.2, 0.25) is 0 Å². The van der Waals surface area contributed by atoms with Crippen LogP contribution in [0.15, 0.2) is 97.1 Å². The Kier molecular flexibility index (Phi) is 8.46. The summed E-state index contributed by atoms with van der Waals surface area (Å²) in [5, 5.41) is 4.48. The Morgan fingerprint density at radius 2 is 0.943 bits per heavy atom. The highest BCUT2D eigenvalue weighted by Crippen LogP contribution is 2.43. The first-order chi connectivity index (χ1) is 25.8. The standard InChI is InChI=1S/C44H38N2O6Si/c1-7-51-43(47)37-25(3)35-31-13-9-11-15-33(31)53(41(35)39(45-37)27-17-21-29(49-5)22-18-27)34-16-12-10-14-32(34)36-26(4)38(44(48)52-8-2)46-40(42(36)53)28-19-23-30(50-6)24-20-28/h9-24H,7-8H2,1-6H3. The molecule has 0 bridgehead atoms. The molecule has 0 N–H and O–H groups in total. The minimum absolute atomic E-state index is 0.226. The number of aromatic nitrogens is 2. The molecule has 2 aromatic heterocycles. The number of fused-ring (bicyclic) bond motifs is 10. The van der Waals surface area contributed by atoms with Crippen molar-refractivity contribution in [1.82, 2.24) is 9.97 Å². The molecule has 8 rings (SSSR count). The van der Waals surface area contributed by atoms with E-state index < -0.39 is 20.0 Å². The van der Waals surface area contributed by atoms with Gasteiger partial charge in [-0.05, 0) is 130 Å². The van der Waals surface area contributed by atoms with Gasteiger partial charge in [0.25, 0.3) is 0 Å². The summed E-state index contributed by atoms with van der Waals surface area (Å²) >= 11 is 0. The molecule has 2 aliphatic rings. The fraction of sp³-hybridized carbons (Fsp3) is 0.182. The van der Waals surface area contributed by atoms with Crippen LogP contribution in [0.5, 0.6) is 11.5 Å². The average molecular weight is 719 g/mol. The molecular formula is C44H38N2O6Si. The van der Waals surface area contributed by atoms with Crippen molar-refractivity contribution in [3.05, 3.63) is 120 Å². The summed E-state index contributed by atoms with van der Waals surface area (Å²) in [4.78, 5) is 37.9.